The third-order valence-electron chi connectivity index (χ3n) is 7.19. The molecule has 7 atom stereocenters. The number of carbonyl (C=O) groups is 3. The first-order chi connectivity index (χ1) is 12.9. The average Bonchev–Trinajstić information content (AvgIpc) is 3.42. The van der Waals surface area contributed by atoms with Crippen molar-refractivity contribution in [2.75, 3.05) is 5.32 Å². The summed E-state index contributed by atoms with van der Waals surface area (Å²) in [7, 11) is 0. The summed E-state index contributed by atoms with van der Waals surface area (Å²) in [6.07, 6.45) is 5.44. The van der Waals surface area contributed by atoms with Gasteiger partial charge in [0, 0.05) is 5.69 Å². The first-order valence-electron chi connectivity index (χ1n) is 9.82. The first kappa shape index (κ1) is 16.7. The number of benzene rings is 1. The number of para-hydroxylation sites is 1. The summed E-state index contributed by atoms with van der Waals surface area (Å²) in [5, 5.41) is 2.93. The predicted octanol–water partition coefficient (Wildman–Crippen LogP) is 2.68. The highest BCUT2D eigenvalue weighted by Gasteiger charge is 2.67. The second-order valence-electron chi connectivity index (χ2n) is 8.63. The number of rotatable bonds is 3. The zero-order valence-electron chi connectivity index (χ0n) is 15.8. The number of hydrogen-bond donors (Lipinski definition) is 1. The summed E-state index contributed by atoms with van der Waals surface area (Å²) >= 11 is 0. The van der Waals surface area contributed by atoms with Crippen molar-refractivity contribution in [2.45, 2.75) is 33.2 Å². The van der Waals surface area contributed by atoms with Gasteiger partial charge in [-0.3, -0.25) is 19.3 Å². The van der Waals surface area contributed by atoms with Gasteiger partial charge in [0.2, 0.25) is 17.7 Å². The number of aryl methyl sites for hydroxylation is 2. The Kier molecular flexibility index (Phi) is 3.43. The van der Waals surface area contributed by atoms with Crippen molar-refractivity contribution in [3.63, 3.8) is 0 Å². The fourth-order valence-corrected chi connectivity index (χ4v) is 5.72. The van der Waals surface area contributed by atoms with Crippen molar-refractivity contribution in [3.8, 4) is 0 Å². The molecule has 1 aromatic rings. The fourth-order valence-electron chi connectivity index (χ4n) is 5.72. The molecule has 1 saturated heterocycles. The summed E-state index contributed by atoms with van der Waals surface area (Å²) in [4.78, 5) is 40.4. The number of imide groups is 1. The van der Waals surface area contributed by atoms with Crippen molar-refractivity contribution < 1.29 is 14.4 Å². The molecule has 0 aromatic heterocycles. The predicted molar refractivity (Wildman–Crippen MR) is 101 cm³/mol. The van der Waals surface area contributed by atoms with Crippen LogP contribution in [0.5, 0.6) is 0 Å². The minimum absolute atomic E-state index is 0.154. The minimum atomic E-state index is -0.801. The van der Waals surface area contributed by atoms with E-state index in [1.54, 1.807) is 6.92 Å². The quantitative estimate of drug-likeness (QED) is 0.662. The maximum absolute atomic E-state index is 13.1. The van der Waals surface area contributed by atoms with Crippen LogP contribution in [0.2, 0.25) is 0 Å². The van der Waals surface area contributed by atoms with Crippen LogP contribution >= 0.6 is 0 Å². The standard InChI is InChI=1S/C22H24N2O3/c1-10-5-4-6-11(2)19(10)23-20(25)12(3)24-21(26)17-13-7-8-14(16-9-15(13)16)18(17)22(24)27/h4-8,12-18H,9H2,1-3H3,(H,23,25)/t12-,13-,14+,15+,16-,17-,18+/m0/s1. The van der Waals surface area contributed by atoms with Crippen molar-refractivity contribution in [2.24, 2.45) is 35.5 Å². The van der Waals surface area contributed by atoms with E-state index in [1.165, 1.54) is 4.90 Å². The summed E-state index contributed by atoms with van der Waals surface area (Å²) in [6, 6.07) is 5.01. The van der Waals surface area contributed by atoms with Gasteiger partial charge in [0.1, 0.15) is 6.04 Å². The van der Waals surface area contributed by atoms with E-state index >= 15 is 0 Å². The lowest BCUT2D eigenvalue weighted by molar-refractivity contribution is -0.146. The van der Waals surface area contributed by atoms with Crippen LogP contribution in [0, 0.1) is 49.4 Å². The van der Waals surface area contributed by atoms with Crippen molar-refractivity contribution >= 4 is 23.4 Å². The van der Waals surface area contributed by atoms with Crippen LogP contribution in [-0.2, 0) is 14.4 Å². The van der Waals surface area contributed by atoms with Crippen LogP contribution in [0.4, 0.5) is 5.69 Å². The Morgan fingerprint density at radius 2 is 1.56 bits per heavy atom. The Morgan fingerprint density at radius 1 is 1.04 bits per heavy atom. The number of carbonyl (C=O) groups excluding carboxylic acids is 3. The molecule has 0 unspecified atom stereocenters. The molecule has 3 amide bonds. The van der Waals surface area contributed by atoms with Crippen molar-refractivity contribution in [3.05, 3.63) is 41.5 Å². The molecule has 1 aliphatic heterocycles. The van der Waals surface area contributed by atoms with Gasteiger partial charge in [0.05, 0.1) is 11.8 Å². The number of nitrogens with zero attached hydrogens (tertiary/aromatic N) is 1. The van der Waals surface area contributed by atoms with Crippen LogP contribution in [0.3, 0.4) is 0 Å². The lowest BCUT2D eigenvalue weighted by Gasteiger charge is -2.37. The van der Waals surface area contributed by atoms with Crippen LogP contribution < -0.4 is 5.32 Å². The normalized spacial score (nSPS) is 36.5. The van der Waals surface area contributed by atoms with Crippen LogP contribution in [0.25, 0.3) is 0 Å². The number of nitrogens with one attached hydrogen (secondary N) is 1. The average molecular weight is 364 g/mol. The van der Waals surface area contributed by atoms with E-state index in [0.29, 0.717) is 11.8 Å². The van der Waals surface area contributed by atoms with Gasteiger partial charge in [0.15, 0.2) is 0 Å². The molecule has 0 spiro atoms. The highest BCUT2D eigenvalue weighted by Crippen LogP contribution is 2.65. The fraction of sp³-hybridized carbons (Fsp3) is 0.500. The molecular formula is C22H24N2O3. The van der Waals surface area contributed by atoms with E-state index in [1.807, 2.05) is 32.0 Å². The van der Waals surface area contributed by atoms with Crippen molar-refractivity contribution in [1.29, 1.82) is 0 Å². The maximum atomic E-state index is 13.1. The lowest BCUT2D eigenvalue weighted by atomic mass is 9.63. The molecule has 6 rings (SSSR count). The van der Waals surface area contributed by atoms with E-state index in [0.717, 1.165) is 23.2 Å². The molecular weight excluding hydrogens is 340 g/mol. The molecule has 2 saturated carbocycles. The number of anilines is 1. The Balaban J connectivity index is 1.40. The Hall–Kier alpha value is -2.43. The topological polar surface area (TPSA) is 66.5 Å². The molecule has 1 heterocycles. The molecule has 27 heavy (non-hydrogen) atoms. The van der Waals surface area contributed by atoms with Gasteiger partial charge >= 0.3 is 0 Å². The third kappa shape index (κ3) is 2.20. The second-order valence-corrected chi connectivity index (χ2v) is 8.63. The van der Waals surface area contributed by atoms with Gasteiger partial charge < -0.3 is 5.32 Å². The third-order valence-corrected chi connectivity index (χ3v) is 7.19. The molecule has 5 nitrogen and oxygen atoms in total. The largest absolute Gasteiger partial charge is 0.324 e. The van der Waals surface area contributed by atoms with Gasteiger partial charge in [-0.15, -0.1) is 0 Å². The van der Waals surface area contributed by atoms with Crippen LogP contribution in [0.1, 0.15) is 24.5 Å². The summed E-state index contributed by atoms with van der Waals surface area (Å²) in [5.41, 5.74) is 2.69. The minimum Gasteiger partial charge on any atom is -0.324 e. The van der Waals surface area contributed by atoms with E-state index in [4.69, 9.17) is 0 Å². The van der Waals surface area contributed by atoms with Crippen molar-refractivity contribution in [1.82, 2.24) is 4.90 Å². The smallest absolute Gasteiger partial charge is 0.247 e. The summed E-state index contributed by atoms with van der Waals surface area (Å²) in [6.45, 7) is 5.53. The zero-order valence-corrected chi connectivity index (χ0v) is 15.8. The van der Waals surface area contributed by atoms with Gasteiger partial charge in [-0.1, -0.05) is 30.4 Å². The molecule has 5 heteroatoms. The number of allylic oxidation sites excluding steroid dienone is 2. The summed E-state index contributed by atoms with van der Waals surface area (Å²) < 4.78 is 0. The molecule has 0 radical (unpaired) electrons. The lowest BCUT2D eigenvalue weighted by Crippen LogP contribution is -2.46. The zero-order chi connectivity index (χ0) is 19.0. The Bertz CT molecular complexity index is 849. The van der Waals surface area contributed by atoms with Gasteiger partial charge in [0.25, 0.3) is 0 Å². The van der Waals surface area contributed by atoms with E-state index in [-0.39, 0.29) is 41.4 Å². The molecule has 3 fully saturated rings. The van der Waals surface area contributed by atoms with E-state index < -0.39 is 6.04 Å². The highest BCUT2D eigenvalue weighted by molar-refractivity contribution is 6.10. The van der Waals surface area contributed by atoms with E-state index in [2.05, 4.69) is 17.5 Å². The Morgan fingerprint density at radius 3 is 2.07 bits per heavy atom. The first-order valence-corrected chi connectivity index (χ1v) is 9.82. The van der Waals surface area contributed by atoms with Gasteiger partial charge in [-0.2, -0.15) is 0 Å². The molecule has 1 N–H and O–H groups in total. The Labute approximate surface area is 158 Å². The van der Waals surface area contributed by atoms with Crippen LogP contribution in [-0.4, -0.2) is 28.7 Å². The number of amides is 3. The second kappa shape index (κ2) is 5.54. The van der Waals surface area contributed by atoms with Gasteiger partial charge in [-0.05, 0) is 62.0 Å². The SMILES string of the molecule is Cc1cccc(C)c1NC(=O)[C@H](C)N1C(=O)[C@@H]2[C@@H]3C=C[C@@H]([C@H]4C[C@@H]34)[C@@H]2C1=O. The monoisotopic (exact) mass is 364 g/mol. The molecule has 4 aliphatic carbocycles. The van der Waals surface area contributed by atoms with Gasteiger partial charge in [-0.25, -0.2) is 0 Å². The maximum Gasteiger partial charge on any atom is 0.247 e. The molecule has 2 bridgehead atoms. The summed E-state index contributed by atoms with van der Waals surface area (Å²) in [5.74, 6) is 0.364. The van der Waals surface area contributed by atoms with E-state index in [9.17, 15) is 14.4 Å². The molecule has 5 aliphatic rings. The van der Waals surface area contributed by atoms with Crippen LogP contribution in [0.15, 0.2) is 30.4 Å². The number of hydrogen-bond acceptors (Lipinski definition) is 3. The highest BCUT2D eigenvalue weighted by atomic mass is 16.2. The number of likely N-dealkylation sites (tertiary alicyclic amines) is 1. The molecule has 1 aromatic carbocycles. The molecule has 140 valence electrons.